The minimum atomic E-state index is -3.82. The van der Waals surface area contributed by atoms with E-state index in [9.17, 15) is 21.6 Å². The Morgan fingerprint density at radius 3 is 2.77 bits per heavy atom. The first-order chi connectivity index (χ1) is 14.5. The van der Waals surface area contributed by atoms with Crippen LogP contribution in [0.2, 0.25) is 0 Å². The van der Waals surface area contributed by atoms with E-state index in [0.717, 1.165) is 0 Å². The van der Waals surface area contributed by atoms with Crippen molar-refractivity contribution < 1.29 is 31.1 Å². The van der Waals surface area contributed by atoms with E-state index >= 15 is 0 Å². The van der Waals surface area contributed by atoms with Gasteiger partial charge in [0, 0.05) is 11.0 Å². The molecule has 4 rings (SSSR count). The number of hydrogen-bond acceptors (Lipinski definition) is 4. The van der Waals surface area contributed by atoms with Gasteiger partial charge in [-0.3, -0.25) is 0 Å². The van der Waals surface area contributed by atoms with Crippen LogP contribution in [0.1, 0.15) is 18.6 Å². The van der Waals surface area contributed by atoms with Crippen LogP contribution in [-0.4, -0.2) is 26.9 Å². The quantitative estimate of drug-likeness (QED) is 0.733. The lowest BCUT2D eigenvalue weighted by Gasteiger charge is -2.39. The fraction of sp³-hybridized carbons (Fsp3) is 0.273. The van der Waals surface area contributed by atoms with Crippen molar-refractivity contribution in [3.05, 3.63) is 94.6 Å². The van der Waals surface area contributed by atoms with Crippen LogP contribution in [0.5, 0.6) is 0 Å². The molecule has 3 unspecified atom stereocenters. The molecule has 0 saturated heterocycles. The van der Waals surface area contributed by atoms with E-state index in [1.54, 1.807) is 43.4 Å². The van der Waals surface area contributed by atoms with E-state index < -0.39 is 40.1 Å². The Kier molecular flexibility index (Phi) is 5.45. The van der Waals surface area contributed by atoms with Crippen molar-refractivity contribution in [1.29, 1.82) is 0 Å². The van der Waals surface area contributed by atoms with Gasteiger partial charge in [0.05, 0.1) is 5.75 Å². The van der Waals surface area contributed by atoms with Crippen molar-refractivity contribution in [2.75, 3.05) is 5.75 Å². The highest BCUT2D eigenvalue weighted by atomic mass is 32.2. The van der Waals surface area contributed by atoms with Crippen LogP contribution >= 0.6 is 0 Å². The summed E-state index contributed by atoms with van der Waals surface area (Å²) in [5.74, 6) is -0.865. The van der Waals surface area contributed by atoms with E-state index in [1.807, 2.05) is 0 Å². The molecule has 3 atom stereocenters. The zero-order valence-corrected chi connectivity index (χ0v) is 17.3. The average molecular weight is 451 g/mol. The van der Waals surface area contributed by atoms with E-state index in [2.05, 4.69) is 0 Å². The lowest BCUT2D eigenvalue weighted by atomic mass is 9.75. The van der Waals surface area contributed by atoms with Crippen LogP contribution in [0.3, 0.4) is 0 Å². The smallest absolute Gasteiger partial charge is 0.387 e. The van der Waals surface area contributed by atoms with Crippen molar-refractivity contribution in [1.82, 2.24) is 0 Å². The normalized spacial score (nSPS) is 27.5. The topological polar surface area (TPSA) is 78.6 Å². The summed E-state index contributed by atoms with van der Waals surface area (Å²) in [6.45, 7) is -1.34. The third kappa shape index (κ3) is 4.53. The molecular formula is C22H20F3NO4S. The largest absolute Gasteiger partial charge is 0.434 e. The minimum absolute atomic E-state index is 0.0409. The number of fused-ring (bicyclic) bond motifs is 2. The molecule has 31 heavy (non-hydrogen) atoms. The minimum Gasteiger partial charge on any atom is -0.434 e. The Bertz CT molecular complexity index is 1170. The molecule has 1 aromatic rings. The maximum atomic E-state index is 13.9. The van der Waals surface area contributed by atoms with E-state index in [1.165, 1.54) is 24.3 Å². The molecule has 0 amide bonds. The maximum Gasteiger partial charge on any atom is 0.387 e. The third-order valence-electron chi connectivity index (χ3n) is 5.25. The molecule has 0 radical (unpaired) electrons. The number of benzene rings is 1. The Morgan fingerprint density at radius 1 is 1.32 bits per heavy atom. The van der Waals surface area contributed by atoms with Gasteiger partial charge in [-0.05, 0) is 34.9 Å². The number of rotatable bonds is 5. The van der Waals surface area contributed by atoms with Gasteiger partial charge in [0.1, 0.15) is 23.8 Å². The summed E-state index contributed by atoms with van der Waals surface area (Å²) in [5.41, 5.74) is 1.04. The lowest BCUT2D eigenvalue weighted by Crippen LogP contribution is -2.34. The zero-order valence-electron chi connectivity index (χ0n) is 16.5. The van der Waals surface area contributed by atoms with Gasteiger partial charge in [-0.2, -0.15) is 8.78 Å². The summed E-state index contributed by atoms with van der Waals surface area (Å²) >= 11 is 0. The summed E-state index contributed by atoms with van der Waals surface area (Å²) in [6.07, 6.45) is 8.22. The Morgan fingerprint density at radius 2 is 2.10 bits per heavy atom. The fourth-order valence-corrected chi connectivity index (χ4v) is 5.20. The highest BCUT2D eigenvalue weighted by Crippen LogP contribution is 2.48. The van der Waals surface area contributed by atoms with Crippen molar-refractivity contribution in [2.24, 2.45) is 10.6 Å². The van der Waals surface area contributed by atoms with Gasteiger partial charge in [-0.15, -0.1) is 0 Å². The molecular weight excluding hydrogens is 431 g/mol. The molecule has 164 valence electrons. The van der Waals surface area contributed by atoms with Crippen molar-refractivity contribution in [2.45, 2.75) is 25.7 Å². The maximum absolute atomic E-state index is 13.9. The number of nitrogens with two attached hydrogens (primary N) is 1. The summed E-state index contributed by atoms with van der Waals surface area (Å²) in [4.78, 5) is 0. The predicted octanol–water partition coefficient (Wildman–Crippen LogP) is 4.05. The van der Waals surface area contributed by atoms with Gasteiger partial charge in [-0.25, -0.2) is 17.9 Å². The average Bonchev–Trinajstić information content (AvgIpc) is 2.65. The summed E-state index contributed by atoms with van der Waals surface area (Å²) in [7, 11) is -3.82. The number of allylic oxidation sites excluding steroid dienone is 5. The van der Waals surface area contributed by atoms with Gasteiger partial charge in [-0.1, -0.05) is 49.4 Å². The number of primary sulfonamides is 1. The van der Waals surface area contributed by atoms with Gasteiger partial charge < -0.3 is 9.47 Å². The van der Waals surface area contributed by atoms with Crippen LogP contribution in [0.25, 0.3) is 0 Å². The van der Waals surface area contributed by atoms with Crippen LogP contribution in [-0.2, 0) is 19.5 Å². The second kappa shape index (κ2) is 7.81. The van der Waals surface area contributed by atoms with Crippen LogP contribution in [0.4, 0.5) is 13.2 Å². The molecule has 2 N–H and O–H groups in total. The number of halogens is 3. The molecule has 2 aliphatic carbocycles. The molecule has 3 aliphatic rings. The zero-order chi connectivity index (χ0) is 22.4. The predicted molar refractivity (Wildman–Crippen MR) is 109 cm³/mol. The first-order valence-corrected chi connectivity index (χ1v) is 11.2. The van der Waals surface area contributed by atoms with Crippen molar-refractivity contribution in [3.8, 4) is 0 Å². The SMILES string of the molecule is CC1(CS(N)(=O)=O)C=CC2=C3C(OC(F)F)=CC=CC3OC(c3cccc(F)c3)C2=C1. The van der Waals surface area contributed by atoms with Gasteiger partial charge >= 0.3 is 6.61 Å². The van der Waals surface area contributed by atoms with E-state index in [4.69, 9.17) is 14.6 Å². The van der Waals surface area contributed by atoms with Crippen molar-refractivity contribution >= 4 is 10.0 Å². The number of ether oxygens (including phenoxy) is 2. The standard InChI is InChI=1S/C22H20F3NO4S/c1-22(12-31(26,27)28)9-8-15-16(11-22)20(13-4-2-5-14(23)10-13)29-17-6-3-7-18(19(15)17)30-21(24)25/h2-11,17,20-21H,12H2,1H3,(H2,26,27,28). The first-order valence-electron chi connectivity index (χ1n) is 9.46. The first kappa shape index (κ1) is 21.6. The van der Waals surface area contributed by atoms with E-state index in [0.29, 0.717) is 22.3 Å². The van der Waals surface area contributed by atoms with E-state index in [-0.39, 0.29) is 11.5 Å². The number of sulfonamides is 1. The summed E-state index contributed by atoms with van der Waals surface area (Å²) in [6, 6.07) is 5.85. The highest BCUT2D eigenvalue weighted by molar-refractivity contribution is 7.89. The fourth-order valence-electron chi connectivity index (χ4n) is 4.15. The molecule has 0 spiro atoms. The summed E-state index contributed by atoms with van der Waals surface area (Å²) < 4.78 is 74.3. The lowest BCUT2D eigenvalue weighted by molar-refractivity contribution is -0.0966. The van der Waals surface area contributed by atoms with Crippen LogP contribution in [0, 0.1) is 11.2 Å². The monoisotopic (exact) mass is 451 g/mol. The van der Waals surface area contributed by atoms with Gasteiger partial charge in [0.15, 0.2) is 0 Å². The van der Waals surface area contributed by atoms with Crippen LogP contribution in [0.15, 0.2) is 83.2 Å². The molecule has 0 bridgehead atoms. The second-order valence-electron chi connectivity index (χ2n) is 7.86. The third-order valence-corrected chi connectivity index (χ3v) is 6.27. The Balaban J connectivity index is 1.88. The molecule has 1 aliphatic heterocycles. The molecule has 9 heteroatoms. The molecule has 1 heterocycles. The molecule has 0 saturated carbocycles. The van der Waals surface area contributed by atoms with Crippen LogP contribution < -0.4 is 5.14 Å². The molecule has 5 nitrogen and oxygen atoms in total. The number of hydrogen-bond donors (Lipinski definition) is 1. The summed E-state index contributed by atoms with van der Waals surface area (Å²) in [5, 5.41) is 5.26. The molecule has 0 fully saturated rings. The Hall–Kier alpha value is -2.62. The Labute approximate surface area is 178 Å². The van der Waals surface area contributed by atoms with Gasteiger partial charge in [0.2, 0.25) is 10.0 Å². The van der Waals surface area contributed by atoms with Gasteiger partial charge in [0.25, 0.3) is 0 Å². The van der Waals surface area contributed by atoms with Crippen molar-refractivity contribution in [3.63, 3.8) is 0 Å². The molecule has 0 aromatic heterocycles. The second-order valence-corrected chi connectivity index (χ2v) is 9.47. The molecule has 1 aromatic carbocycles. The number of alkyl halides is 2. The highest BCUT2D eigenvalue weighted by Gasteiger charge is 2.40.